The van der Waals surface area contributed by atoms with Crippen LogP contribution in [0.2, 0.25) is 0 Å². The molecule has 0 atom stereocenters. The molecule has 0 aliphatic rings. The van der Waals surface area contributed by atoms with Gasteiger partial charge in [-0.3, -0.25) is 0 Å². The van der Waals surface area contributed by atoms with Crippen LogP contribution in [0.5, 0.6) is 5.75 Å². The molecular formula is C15H15NO2. The summed E-state index contributed by atoms with van der Waals surface area (Å²) in [6.07, 6.45) is 0. The summed E-state index contributed by atoms with van der Waals surface area (Å²) in [6.45, 7) is 0.0658. The molecule has 1 N–H and O–H groups in total. The van der Waals surface area contributed by atoms with Gasteiger partial charge in [0.1, 0.15) is 5.75 Å². The number of aromatic nitrogens is 1. The predicted molar refractivity (Wildman–Crippen MR) is 72.9 cm³/mol. The van der Waals surface area contributed by atoms with Gasteiger partial charge in [0.25, 0.3) is 0 Å². The number of ether oxygens (including phenoxy) is 1. The zero-order valence-electron chi connectivity index (χ0n) is 10.5. The van der Waals surface area contributed by atoms with E-state index in [9.17, 15) is 5.11 Å². The molecule has 2 aromatic carbocycles. The largest absolute Gasteiger partial charge is 0.497 e. The number of benzene rings is 2. The topological polar surface area (TPSA) is 34.4 Å². The van der Waals surface area contributed by atoms with Crippen molar-refractivity contribution in [3.8, 4) is 5.75 Å². The van der Waals surface area contributed by atoms with Crippen LogP contribution in [0.1, 0.15) is 5.56 Å². The molecule has 3 rings (SSSR count). The SMILES string of the molecule is COc1ccc2c(c1)c1cc(CO)ccc1n2C. The Hall–Kier alpha value is -2.00. The zero-order chi connectivity index (χ0) is 12.7. The molecule has 0 spiro atoms. The van der Waals surface area contributed by atoms with Crippen LogP contribution in [0.25, 0.3) is 21.8 Å². The van der Waals surface area contributed by atoms with Gasteiger partial charge in [-0.1, -0.05) is 6.07 Å². The Morgan fingerprint density at radius 3 is 2.39 bits per heavy atom. The van der Waals surface area contributed by atoms with Crippen LogP contribution in [0.3, 0.4) is 0 Å². The highest BCUT2D eigenvalue weighted by Crippen LogP contribution is 2.31. The van der Waals surface area contributed by atoms with Crippen LogP contribution in [0, 0.1) is 0 Å². The molecule has 3 heteroatoms. The lowest BCUT2D eigenvalue weighted by Crippen LogP contribution is -1.87. The molecule has 0 amide bonds. The first-order valence-electron chi connectivity index (χ1n) is 5.90. The van der Waals surface area contributed by atoms with Gasteiger partial charge in [-0.25, -0.2) is 0 Å². The maximum Gasteiger partial charge on any atom is 0.119 e. The standard InChI is InChI=1S/C15H15NO2/c1-16-14-5-3-10(9-17)7-12(14)13-8-11(18-2)4-6-15(13)16/h3-8,17H,9H2,1-2H3. The highest BCUT2D eigenvalue weighted by Gasteiger charge is 2.09. The molecule has 0 saturated carbocycles. The van der Waals surface area contributed by atoms with Crippen LogP contribution in [-0.4, -0.2) is 16.8 Å². The summed E-state index contributed by atoms with van der Waals surface area (Å²) in [4.78, 5) is 0. The van der Waals surface area contributed by atoms with Crippen molar-refractivity contribution in [2.75, 3.05) is 7.11 Å². The fourth-order valence-electron chi connectivity index (χ4n) is 2.47. The number of hydrogen-bond donors (Lipinski definition) is 1. The number of aliphatic hydroxyl groups is 1. The smallest absolute Gasteiger partial charge is 0.119 e. The third-order valence-corrected chi connectivity index (χ3v) is 3.46. The number of nitrogens with zero attached hydrogens (tertiary/aromatic N) is 1. The van der Waals surface area contributed by atoms with Gasteiger partial charge < -0.3 is 14.4 Å². The summed E-state index contributed by atoms with van der Waals surface area (Å²) >= 11 is 0. The molecule has 0 aliphatic carbocycles. The second kappa shape index (κ2) is 4.03. The van der Waals surface area contributed by atoms with E-state index in [-0.39, 0.29) is 6.61 Å². The van der Waals surface area contributed by atoms with Crippen molar-refractivity contribution in [2.24, 2.45) is 7.05 Å². The molecule has 0 fully saturated rings. The van der Waals surface area contributed by atoms with Crippen LogP contribution in [0.4, 0.5) is 0 Å². The monoisotopic (exact) mass is 241 g/mol. The quantitative estimate of drug-likeness (QED) is 0.748. The van der Waals surface area contributed by atoms with E-state index < -0.39 is 0 Å². The maximum absolute atomic E-state index is 9.25. The maximum atomic E-state index is 9.25. The Bertz CT molecular complexity index is 667. The number of aryl methyl sites for hydroxylation is 1. The Labute approximate surface area is 105 Å². The average molecular weight is 241 g/mol. The average Bonchev–Trinajstić information content (AvgIpc) is 2.71. The van der Waals surface area contributed by atoms with Crippen molar-refractivity contribution in [1.82, 2.24) is 4.57 Å². The van der Waals surface area contributed by atoms with Gasteiger partial charge in [-0.15, -0.1) is 0 Å². The molecule has 0 bridgehead atoms. The van der Waals surface area contributed by atoms with Gasteiger partial charge in [-0.2, -0.15) is 0 Å². The van der Waals surface area contributed by atoms with Gasteiger partial charge >= 0.3 is 0 Å². The van der Waals surface area contributed by atoms with Gasteiger partial charge in [0, 0.05) is 28.9 Å². The van der Waals surface area contributed by atoms with Crippen molar-refractivity contribution < 1.29 is 9.84 Å². The minimum Gasteiger partial charge on any atom is -0.497 e. The Kier molecular flexibility index (Phi) is 2.49. The molecule has 0 radical (unpaired) electrons. The lowest BCUT2D eigenvalue weighted by Gasteiger charge is -2.00. The van der Waals surface area contributed by atoms with E-state index in [1.54, 1.807) is 7.11 Å². The Morgan fingerprint density at radius 1 is 1.06 bits per heavy atom. The van der Waals surface area contributed by atoms with Crippen LogP contribution in [0.15, 0.2) is 36.4 Å². The summed E-state index contributed by atoms with van der Waals surface area (Å²) in [5.41, 5.74) is 3.26. The van der Waals surface area contributed by atoms with E-state index in [0.717, 1.165) is 27.6 Å². The first-order valence-corrected chi connectivity index (χ1v) is 5.90. The minimum absolute atomic E-state index is 0.0658. The third-order valence-electron chi connectivity index (χ3n) is 3.46. The predicted octanol–water partition coefficient (Wildman–Crippen LogP) is 2.83. The Morgan fingerprint density at radius 2 is 1.72 bits per heavy atom. The third kappa shape index (κ3) is 1.48. The number of aliphatic hydroxyl groups excluding tert-OH is 1. The Balaban J connectivity index is 2.44. The number of methoxy groups -OCH3 is 1. The van der Waals surface area contributed by atoms with Crippen LogP contribution >= 0.6 is 0 Å². The van der Waals surface area contributed by atoms with Crippen molar-refractivity contribution in [3.05, 3.63) is 42.0 Å². The van der Waals surface area contributed by atoms with E-state index in [1.807, 2.05) is 30.3 Å². The van der Waals surface area contributed by atoms with Crippen molar-refractivity contribution in [1.29, 1.82) is 0 Å². The minimum atomic E-state index is 0.0658. The van der Waals surface area contributed by atoms with Gasteiger partial charge in [0.05, 0.1) is 13.7 Å². The summed E-state index contributed by atoms with van der Waals surface area (Å²) in [7, 11) is 3.72. The second-order valence-corrected chi connectivity index (χ2v) is 4.45. The molecule has 0 aliphatic heterocycles. The molecule has 1 aromatic heterocycles. The summed E-state index contributed by atoms with van der Waals surface area (Å²) in [5, 5.41) is 11.6. The zero-order valence-corrected chi connectivity index (χ0v) is 10.5. The summed E-state index contributed by atoms with van der Waals surface area (Å²) in [6, 6.07) is 12.1. The molecule has 1 heterocycles. The normalized spacial score (nSPS) is 11.3. The van der Waals surface area contributed by atoms with Gasteiger partial charge in [-0.05, 0) is 35.9 Å². The number of rotatable bonds is 2. The molecular weight excluding hydrogens is 226 g/mol. The summed E-state index contributed by atoms with van der Waals surface area (Å²) in [5.74, 6) is 0.851. The van der Waals surface area contributed by atoms with Crippen molar-refractivity contribution in [3.63, 3.8) is 0 Å². The summed E-state index contributed by atoms with van der Waals surface area (Å²) < 4.78 is 7.44. The van der Waals surface area contributed by atoms with E-state index in [4.69, 9.17) is 4.74 Å². The molecule has 18 heavy (non-hydrogen) atoms. The first-order chi connectivity index (χ1) is 8.74. The van der Waals surface area contributed by atoms with Gasteiger partial charge in [0.15, 0.2) is 0 Å². The second-order valence-electron chi connectivity index (χ2n) is 4.45. The number of hydrogen-bond acceptors (Lipinski definition) is 2. The fraction of sp³-hybridized carbons (Fsp3) is 0.200. The molecule has 3 nitrogen and oxygen atoms in total. The first kappa shape index (κ1) is 11.1. The lowest BCUT2D eigenvalue weighted by atomic mass is 10.1. The van der Waals surface area contributed by atoms with Crippen LogP contribution < -0.4 is 4.74 Å². The molecule has 3 aromatic rings. The van der Waals surface area contributed by atoms with E-state index in [2.05, 4.69) is 17.7 Å². The molecule has 0 unspecified atom stereocenters. The van der Waals surface area contributed by atoms with Crippen molar-refractivity contribution >= 4 is 21.8 Å². The molecule has 0 saturated heterocycles. The van der Waals surface area contributed by atoms with Gasteiger partial charge in [0.2, 0.25) is 0 Å². The highest BCUT2D eigenvalue weighted by atomic mass is 16.5. The highest BCUT2D eigenvalue weighted by molar-refractivity contribution is 6.08. The van der Waals surface area contributed by atoms with Crippen molar-refractivity contribution in [2.45, 2.75) is 6.61 Å². The van der Waals surface area contributed by atoms with E-state index in [0.29, 0.717) is 0 Å². The van der Waals surface area contributed by atoms with Crippen LogP contribution in [-0.2, 0) is 13.7 Å². The van der Waals surface area contributed by atoms with E-state index in [1.165, 1.54) is 5.52 Å². The fourth-order valence-corrected chi connectivity index (χ4v) is 2.47. The molecule has 92 valence electrons. The number of fused-ring (bicyclic) bond motifs is 3. The lowest BCUT2D eigenvalue weighted by molar-refractivity contribution is 0.282. The van der Waals surface area contributed by atoms with E-state index >= 15 is 0 Å².